The van der Waals surface area contributed by atoms with E-state index in [1.165, 1.54) is 122 Å². The average molecular weight is 1410 g/mol. The molecular weight excluding hydrogens is 1240 g/mol. The molecule has 0 heterocycles. The minimum atomic E-state index is -0.372. The lowest BCUT2D eigenvalue weighted by Crippen LogP contribution is -2.40. The van der Waals surface area contributed by atoms with Gasteiger partial charge in [-0.05, 0) is 304 Å². The number of carbonyl (C=O) groups excluding carboxylic acids is 6. The van der Waals surface area contributed by atoms with Gasteiger partial charge in [0.05, 0.1) is 32.5 Å². The van der Waals surface area contributed by atoms with Crippen molar-refractivity contribution in [1.82, 2.24) is 0 Å². The van der Waals surface area contributed by atoms with E-state index in [0.29, 0.717) is 0 Å². The molecule has 0 radical (unpaired) electrons. The van der Waals surface area contributed by atoms with Crippen molar-refractivity contribution < 1.29 is 57.2 Å². The fourth-order valence-electron chi connectivity index (χ4n) is 11.4. The molecule has 0 unspecified atom stereocenters. The van der Waals surface area contributed by atoms with E-state index >= 15 is 0 Å². The molecule has 0 N–H and O–H groups in total. The molecule has 5 fully saturated rings. The van der Waals surface area contributed by atoms with Gasteiger partial charge in [0, 0.05) is 0 Å². The first kappa shape index (κ1) is 109. The molecule has 5 saturated carbocycles. The highest BCUT2D eigenvalue weighted by molar-refractivity contribution is 5.78. The quantitative estimate of drug-likeness (QED) is 0.0892. The third kappa shape index (κ3) is 41.2. The average Bonchev–Trinajstić information content (AvgIpc) is 1.78. The number of esters is 6. The highest BCUT2D eigenvalue weighted by Crippen LogP contribution is 2.41. The highest BCUT2D eigenvalue weighted by atomic mass is 16.6. The van der Waals surface area contributed by atoms with Crippen LogP contribution in [0.1, 0.15) is 462 Å². The van der Waals surface area contributed by atoms with Crippen molar-refractivity contribution in [2.75, 3.05) is 0 Å². The van der Waals surface area contributed by atoms with E-state index in [2.05, 4.69) is 41.5 Å². The Morgan fingerprint density at radius 3 is 0.586 bits per heavy atom. The summed E-state index contributed by atoms with van der Waals surface area (Å²) in [7, 11) is 0. The van der Waals surface area contributed by atoms with Crippen LogP contribution in [0.15, 0.2) is 0 Å². The van der Waals surface area contributed by atoms with Crippen LogP contribution in [0.3, 0.4) is 0 Å². The molecule has 12 nitrogen and oxygen atoms in total. The number of carbonyl (C=O) groups is 6. The van der Waals surface area contributed by atoms with Crippen LogP contribution in [0.25, 0.3) is 0 Å². The minimum absolute atomic E-state index is 0. The topological polar surface area (TPSA) is 158 Å². The van der Waals surface area contributed by atoms with Crippen LogP contribution in [-0.4, -0.2) is 69.4 Å². The second-order valence-electron chi connectivity index (χ2n) is 34.5. The van der Waals surface area contributed by atoms with E-state index in [9.17, 15) is 28.8 Å². The highest BCUT2D eigenvalue weighted by Gasteiger charge is 2.43. The molecule has 0 amide bonds. The summed E-state index contributed by atoms with van der Waals surface area (Å²) in [4.78, 5) is 71.8. The summed E-state index contributed by atoms with van der Waals surface area (Å²) in [5.74, 6) is -0.233. The zero-order chi connectivity index (χ0) is 71.9. The Hall–Kier alpha value is -3.18. The van der Waals surface area contributed by atoms with Crippen molar-refractivity contribution >= 4 is 35.8 Å². The monoisotopic (exact) mass is 1410 g/mol. The lowest BCUT2D eigenvalue weighted by Gasteiger charge is -2.38. The Morgan fingerprint density at radius 1 is 0.242 bits per heavy atom. The molecule has 5 aliphatic carbocycles. The van der Waals surface area contributed by atoms with Crippen LogP contribution in [0.2, 0.25) is 0 Å². The summed E-state index contributed by atoms with van der Waals surface area (Å²) in [6, 6.07) is 0. The molecular formula is C87H176O12. The van der Waals surface area contributed by atoms with Gasteiger partial charge in [0.2, 0.25) is 0 Å². The van der Waals surface area contributed by atoms with Crippen molar-refractivity contribution in [3.05, 3.63) is 0 Å². The van der Waals surface area contributed by atoms with Gasteiger partial charge in [-0.3, -0.25) is 28.8 Å². The maximum atomic E-state index is 12.4. The molecule has 12 heteroatoms. The van der Waals surface area contributed by atoms with E-state index < -0.39 is 0 Å². The van der Waals surface area contributed by atoms with E-state index in [-0.39, 0.29) is 146 Å². The first-order chi connectivity index (χ1) is 42.8. The Morgan fingerprint density at radius 2 is 0.394 bits per heavy atom. The molecule has 0 spiro atoms. The Kier molecular flexibility index (Phi) is 54.6. The van der Waals surface area contributed by atoms with E-state index in [4.69, 9.17) is 28.4 Å². The molecule has 0 bridgehead atoms. The molecule has 5 rings (SSSR count). The van der Waals surface area contributed by atoms with Gasteiger partial charge in [0.25, 0.3) is 0 Å². The smallest absolute Gasteiger partial charge is 0.312 e. The van der Waals surface area contributed by atoms with Gasteiger partial charge in [-0.25, -0.2) is 0 Å². The summed E-state index contributed by atoms with van der Waals surface area (Å²) in [5, 5.41) is 0. The maximum absolute atomic E-state index is 12.4. The number of hydrogen-bond donors (Lipinski definition) is 0. The van der Waals surface area contributed by atoms with Gasteiger partial charge < -0.3 is 28.4 Å². The molecule has 0 aromatic rings. The zero-order valence-corrected chi connectivity index (χ0v) is 66.1. The van der Waals surface area contributed by atoms with Crippen molar-refractivity contribution in [2.45, 2.75) is 496 Å². The SMILES string of the molecule is C.C.C.C.C.C.CCC(C)(C)C(=O)OC(C)(C)C.CCC(C)(C)C(=O)OC1(C)CCCC1.CCC(C)(C)C(=O)OC1(C)CCCCC1.CCC(C)(C)C(=O)OC1(C)CCCCCCCCCCC1.CCC1(OC(=O)C(C)(C)CC)CCCC1.CCC1(OC(=O)C(C)(C)CC)CCCCC1. The maximum Gasteiger partial charge on any atom is 0.312 e. The lowest BCUT2D eigenvalue weighted by molar-refractivity contribution is -0.175. The predicted molar refractivity (Wildman–Crippen MR) is 426 cm³/mol. The van der Waals surface area contributed by atoms with Crippen molar-refractivity contribution in [3.63, 3.8) is 0 Å². The lowest BCUT2D eigenvalue weighted by atomic mass is 9.82. The predicted octanol–water partition coefficient (Wildman–Crippen LogP) is 27.4. The van der Waals surface area contributed by atoms with Crippen molar-refractivity contribution in [1.29, 1.82) is 0 Å². The third-order valence-electron chi connectivity index (χ3n) is 22.2. The molecule has 0 aliphatic heterocycles. The Bertz CT molecular complexity index is 2140. The molecule has 5 aliphatic rings. The first-order valence-corrected chi connectivity index (χ1v) is 38.2. The molecule has 0 saturated heterocycles. The van der Waals surface area contributed by atoms with Crippen LogP contribution in [0.5, 0.6) is 0 Å². The largest absolute Gasteiger partial charge is 0.460 e. The Labute approximate surface area is 618 Å². The van der Waals surface area contributed by atoms with Gasteiger partial charge in [-0.1, -0.05) is 158 Å². The zero-order valence-electron chi connectivity index (χ0n) is 66.1. The van der Waals surface area contributed by atoms with Gasteiger partial charge in [0.15, 0.2) is 0 Å². The van der Waals surface area contributed by atoms with Crippen molar-refractivity contribution in [3.8, 4) is 0 Å². The van der Waals surface area contributed by atoms with E-state index in [0.717, 1.165) is 116 Å². The Balaban J connectivity index is -0.000000204. The second kappa shape index (κ2) is 49.5. The standard InChI is InChI=1S/C19H36O2.C14H26O2.2C13H24O2.C12H22O2.C10H20O2.6CH4/c1-5-18(2,3)17(20)21-19(4)15-13-11-9-7-6-8-10-12-14-16-19;1-5-13(3,4)12(15)16-14(6-2)10-8-7-9-11-14;1-5-12(2,3)11(14)15-13(4)9-7-6-8-10-13;1-5-12(3,4)11(14)15-13(6-2)9-7-8-10-13;1-5-11(2,3)10(13)14-12(4)8-6-7-9-12;1-7-10(5,6)8(11)12-9(2,3)4;;;;;;/h5-16H2,1-4H3;5-11H2,1-4H3;2*5-10H2,1-4H3;5-9H2,1-4H3;7H2,1-6H3;6*1H4. The van der Waals surface area contributed by atoms with Crippen molar-refractivity contribution in [2.24, 2.45) is 32.5 Å². The fraction of sp³-hybridized carbons (Fsp3) is 0.931. The normalized spacial score (nSPS) is 18.7. The number of rotatable bonds is 19. The summed E-state index contributed by atoms with van der Waals surface area (Å²) < 4.78 is 34.2. The van der Waals surface area contributed by atoms with Crippen LogP contribution < -0.4 is 0 Å². The molecule has 0 aromatic heterocycles. The molecule has 0 atom stereocenters. The summed E-state index contributed by atoms with van der Waals surface area (Å²) in [5.41, 5.74) is -3.31. The van der Waals surface area contributed by atoms with Crippen LogP contribution in [-0.2, 0) is 57.2 Å². The summed E-state index contributed by atoms with van der Waals surface area (Å²) in [6.07, 6.45) is 41.2. The molecule has 0 aromatic carbocycles. The van der Waals surface area contributed by atoms with Gasteiger partial charge >= 0.3 is 35.8 Å². The minimum Gasteiger partial charge on any atom is -0.460 e. The number of hydrogen-bond acceptors (Lipinski definition) is 12. The summed E-state index contributed by atoms with van der Waals surface area (Å²) >= 11 is 0. The number of ether oxygens (including phenoxy) is 6. The van der Waals surface area contributed by atoms with Crippen LogP contribution in [0, 0.1) is 32.5 Å². The van der Waals surface area contributed by atoms with Crippen LogP contribution in [0.4, 0.5) is 0 Å². The van der Waals surface area contributed by atoms with Gasteiger partial charge in [0.1, 0.15) is 33.6 Å². The molecule has 99 heavy (non-hydrogen) atoms. The van der Waals surface area contributed by atoms with Gasteiger partial charge in [-0.2, -0.15) is 0 Å². The van der Waals surface area contributed by atoms with E-state index in [1.54, 1.807) is 0 Å². The summed E-state index contributed by atoms with van der Waals surface area (Å²) in [6.45, 7) is 51.9. The van der Waals surface area contributed by atoms with E-state index in [1.807, 2.05) is 138 Å². The first-order valence-electron chi connectivity index (χ1n) is 38.2. The van der Waals surface area contributed by atoms with Crippen LogP contribution >= 0.6 is 0 Å². The third-order valence-corrected chi connectivity index (χ3v) is 22.2. The molecule has 596 valence electrons. The fourth-order valence-corrected chi connectivity index (χ4v) is 11.4. The second-order valence-corrected chi connectivity index (χ2v) is 34.5. The van der Waals surface area contributed by atoms with Gasteiger partial charge in [-0.15, -0.1) is 0 Å².